The third kappa shape index (κ3) is 2.70. The quantitative estimate of drug-likeness (QED) is 0.733. The number of fused-ring (bicyclic) bond motifs is 2. The van der Waals surface area contributed by atoms with Gasteiger partial charge in [-0.05, 0) is 18.9 Å². The number of hydrogen-bond acceptors (Lipinski definition) is 3. The molecular weight excluding hydrogens is 351 g/mol. The Morgan fingerprint density at radius 2 is 2.25 bits per heavy atom. The highest BCUT2D eigenvalue weighted by atomic mass is 35.5. The largest absolute Gasteiger partial charge is 0.332 e. The minimum absolute atomic E-state index is 0.168. The fraction of sp³-hybridized carbons (Fsp3) is 0.267. The lowest BCUT2D eigenvalue weighted by molar-refractivity contribution is 0.245. The molecule has 4 rings (SSSR count). The zero-order valence-electron chi connectivity index (χ0n) is 12.6. The van der Waals surface area contributed by atoms with Gasteiger partial charge in [0, 0.05) is 18.9 Å². The molecule has 0 aliphatic carbocycles. The number of aryl methyl sites for hydroxylation is 1. The van der Waals surface area contributed by atoms with Crippen LogP contribution in [0.2, 0.25) is 10.0 Å². The van der Waals surface area contributed by atoms with Crippen molar-refractivity contribution in [3.05, 3.63) is 46.1 Å². The number of aromatic nitrogens is 4. The number of pyridine rings is 1. The first-order chi connectivity index (χ1) is 11.6. The van der Waals surface area contributed by atoms with Gasteiger partial charge in [-0.15, -0.1) is 0 Å². The maximum absolute atomic E-state index is 12.5. The molecule has 24 heavy (non-hydrogen) atoms. The van der Waals surface area contributed by atoms with E-state index in [1.54, 1.807) is 34.0 Å². The highest BCUT2D eigenvalue weighted by molar-refractivity contribution is 6.36. The molecule has 0 fully saturated rings. The SMILES string of the molecule is O=C(NCc1cn2cc(Cl)cc(Cl)c2n1)N1CCCc2[nH]ncc21. The average Bonchev–Trinajstić information content (AvgIpc) is 3.18. The van der Waals surface area contributed by atoms with Crippen LogP contribution in [0.5, 0.6) is 0 Å². The Hall–Kier alpha value is -2.25. The Kier molecular flexibility index (Phi) is 3.82. The van der Waals surface area contributed by atoms with Gasteiger partial charge in [-0.1, -0.05) is 23.2 Å². The molecule has 3 aromatic rings. The molecular formula is C15H14Cl2N6O. The first kappa shape index (κ1) is 15.3. The van der Waals surface area contributed by atoms with E-state index in [9.17, 15) is 4.79 Å². The summed E-state index contributed by atoms with van der Waals surface area (Å²) in [6, 6.07) is 1.47. The number of nitrogens with one attached hydrogen (secondary N) is 2. The van der Waals surface area contributed by atoms with E-state index in [-0.39, 0.29) is 6.03 Å². The second-order valence-corrected chi connectivity index (χ2v) is 6.46. The predicted molar refractivity (Wildman–Crippen MR) is 91.7 cm³/mol. The monoisotopic (exact) mass is 364 g/mol. The molecule has 7 nitrogen and oxygen atoms in total. The zero-order valence-corrected chi connectivity index (χ0v) is 14.1. The number of hydrogen-bond donors (Lipinski definition) is 2. The molecule has 0 saturated carbocycles. The number of halogens is 2. The minimum atomic E-state index is -0.168. The van der Waals surface area contributed by atoms with E-state index in [0.717, 1.165) is 24.2 Å². The summed E-state index contributed by atoms with van der Waals surface area (Å²) in [6.45, 7) is 0.975. The van der Waals surface area contributed by atoms with Gasteiger partial charge in [0.05, 0.1) is 39.9 Å². The number of amides is 2. The normalized spacial score (nSPS) is 14.0. The second kappa shape index (κ2) is 5.99. The minimum Gasteiger partial charge on any atom is -0.332 e. The van der Waals surface area contributed by atoms with Crippen LogP contribution in [0.3, 0.4) is 0 Å². The lowest BCUT2D eigenvalue weighted by atomic mass is 10.1. The first-order valence-corrected chi connectivity index (χ1v) is 8.27. The van der Waals surface area contributed by atoms with E-state index in [4.69, 9.17) is 23.2 Å². The number of anilines is 1. The molecule has 1 aliphatic rings. The summed E-state index contributed by atoms with van der Waals surface area (Å²) < 4.78 is 1.75. The Bertz CT molecular complexity index is 918. The molecule has 2 amide bonds. The van der Waals surface area contributed by atoms with Crippen LogP contribution in [0, 0.1) is 0 Å². The molecule has 0 unspecified atom stereocenters. The van der Waals surface area contributed by atoms with E-state index < -0.39 is 0 Å². The second-order valence-electron chi connectivity index (χ2n) is 5.62. The highest BCUT2D eigenvalue weighted by Crippen LogP contribution is 2.25. The summed E-state index contributed by atoms with van der Waals surface area (Å²) >= 11 is 12.1. The van der Waals surface area contributed by atoms with Gasteiger partial charge in [0.15, 0.2) is 5.65 Å². The molecule has 124 valence electrons. The van der Waals surface area contributed by atoms with Gasteiger partial charge in [0.1, 0.15) is 0 Å². The molecule has 1 aliphatic heterocycles. The average molecular weight is 365 g/mol. The van der Waals surface area contributed by atoms with Crippen molar-refractivity contribution in [2.45, 2.75) is 19.4 Å². The third-order valence-corrected chi connectivity index (χ3v) is 4.47. The topological polar surface area (TPSA) is 78.3 Å². The van der Waals surface area contributed by atoms with Gasteiger partial charge < -0.3 is 9.72 Å². The number of H-pyrrole nitrogens is 1. The molecule has 3 aromatic heterocycles. The van der Waals surface area contributed by atoms with Crippen molar-refractivity contribution >= 4 is 40.6 Å². The molecule has 0 bridgehead atoms. The number of nitrogens with zero attached hydrogens (tertiary/aromatic N) is 4. The van der Waals surface area contributed by atoms with Gasteiger partial charge >= 0.3 is 6.03 Å². The highest BCUT2D eigenvalue weighted by Gasteiger charge is 2.24. The van der Waals surface area contributed by atoms with Crippen LogP contribution in [0.25, 0.3) is 5.65 Å². The molecule has 0 saturated heterocycles. The standard InChI is InChI=1S/C15H14Cl2N6O/c16-9-4-11(17)14-20-10(8-22(14)7-9)5-18-15(24)23-3-1-2-12-13(23)6-19-21-12/h4,6-8H,1-3,5H2,(H,18,24)(H,19,21). The number of urea groups is 1. The van der Waals surface area contributed by atoms with E-state index in [2.05, 4.69) is 20.5 Å². The molecule has 0 atom stereocenters. The fourth-order valence-electron chi connectivity index (χ4n) is 2.89. The van der Waals surface area contributed by atoms with Crippen molar-refractivity contribution in [1.82, 2.24) is 24.9 Å². The van der Waals surface area contributed by atoms with Gasteiger partial charge in [-0.2, -0.15) is 5.10 Å². The number of carbonyl (C=O) groups excluding carboxylic acids is 1. The van der Waals surface area contributed by atoms with Crippen LogP contribution < -0.4 is 10.2 Å². The lowest BCUT2D eigenvalue weighted by Gasteiger charge is -2.26. The van der Waals surface area contributed by atoms with Crippen LogP contribution >= 0.6 is 23.2 Å². The fourth-order valence-corrected chi connectivity index (χ4v) is 3.42. The van der Waals surface area contributed by atoms with E-state index >= 15 is 0 Å². The smallest absolute Gasteiger partial charge is 0.322 e. The van der Waals surface area contributed by atoms with Gasteiger partial charge in [-0.25, -0.2) is 9.78 Å². The van der Waals surface area contributed by atoms with E-state index in [1.165, 1.54) is 0 Å². The lowest BCUT2D eigenvalue weighted by Crippen LogP contribution is -2.42. The summed E-state index contributed by atoms with van der Waals surface area (Å²) in [5, 5.41) is 10.8. The Balaban J connectivity index is 1.50. The molecule has 0 spiro atoms. The number of imidazole rings is 1. The third-order valence-electron chi connectivity index (χ3n) is 3.98. The van der Waals surface area contributed by atoms with Crippen LogP contribution in [-0.4, -0.2) is 32.2 Å². The van der Waals surface area contributed by atoms with Crippen molar-refractivity contribution in [2.24, 2.45) is 0 Å². The Morgan fingerprint density at radius 1 is 1.38 bits per heavy atom. The zero-order chi connectivity index (χ0) is 16.7. The maximum atomic E-state index is 12.5. The number of rotatable bonds is 2. The van der Waals surface area contributed by atoms with E-state index in [1.807, 2.05) is 0 Å². The maximum Gasteiger partial charge on any atom is 0.322 e. The molecule has 9 heteroatoms. The van der Waals surface area contributed by atoms with E-state index in [0.29, 0.717) is 34.5 Å². The van der Waals surface area contributed by atoms with Gasteiger partial charge in [-0.3, -0.25) is 10.00 Å². The molecule has 0 aromatic carbocycles. The molecule has 2 N–H and O–H groups in total. The van der Waals surface area contributed by atoms with Crippen molar-refractivity contribution in [3.63, 3.8) is 0 Å². The van der Waals surface area contributed by atoms with Crippen molar-refractivity contribution in [3.8, 4) is 0 Å². The number of carbonyl (C=O) groups is 1. The summed E-state index contributed by atoms with van der Waals surface area (Å²) in [4.78, 5) is 18.6. The first-order valence-electron chi connectivity index (χ1n) is 7.52. The van der Waals surface area contributed by atoms with Crippen LogP contribution in [0.1, 0.15) is 17.8 Å². The summed E-state index contributed by atoms with van der Waals surface area (Å²) in [5.74, 6) is 0. The van der Waals surface area contributed by atoms with Crippen molar-refractivity contribution < 1.29 is 4.79 Å². The van der Waals surface area contributed by atoms with Crippen molar-refractivity contribution in [1.29, 1.82) is 0 Å². The van der Waals surface area contributed by atoms with Gasteiger partial charge in [0.2, 0.25) is 0 Å². The number of aromatic amines is 1. The van der Waals surface area contributed by atoms with Crippen LogP contribution in [-0.2, 0) is 13.0 Å². The molecule has 0 radical (unpaired) electrons. The Morgan fingerprint density at radius 3 is 3.12 bits per heavy atom. The summed E-state index contributed by atoms with van der Waals surface area (Å²) in [5.41, 5.74) is 3.14. The summed E-state index contributed by atoms with van der Waals surface area (Å²) in [6.07, 6.45) is 7.02. The van der Waals surface area contributed by atoms with Crippen molar-refractivity contribution in [2.75, 3.05) is 11.4 Å². The predicted octanol–water partition coefficient (Wildman–Crippen LogP) is 3.03. The Labute approximate surface area is 147 Å². The van der Waals surface area contributed by atoms with Crippen LogP contribution in [0.4, 0.5) is 10.5 Å². The summed E-state index contributed by atoms with van der Waals surface area (Å²) in [7, 11) is 0. The molecule has 4 heterocycles. The van der Waals surface area contributed by atoms with Gasteiger partial charge in [0.25, 0.3) is 0 Å². The van der Waals surface area contributed by atoms with Crippen LogP contribution in [0.15, 0.2) is 24.7 Å².